The molecule has 0 heterocycles. The smallest absolute Gasteiger partial charge is 0.00820 e. The first-order chi connectivity index (χ1) is 7.12. The molecule has 0 aliphatic heterocycles. The second kappa shape index (κ2) is 4.42. The second-order valence-electron chi connectivity index (χ2n) is 6.02. The summed E-state index contributed by atoms with van der Waals surface area (Å²) < 4.78 is 0. The molecule has 2 rings (SSSR count). The molecule has 88 valence electrons. The van der Waals surface area contributed by atoms with E-state index in [4.69, 9.17) is 5.73 Å². The molecule has 0 amide bonds. The van der Waals surface area contributed by atoms with Gasteiger partial charge in [-0.25, -0.2) is 0 Å². The van der Waals surface area contributed by atoms with E-state index >= 15 is 0 Å². The molecule has 2 fully saturated rings. The van der Waals surface area contributed by atoms with E-state index in [1.807, 2.05) is 0 Å². The van der Waals surface area contributed by atoms with Gasteiger partial charge in [0.05, 0.1) is 0 Å². The molecule has 0 aromatic heterocycles. The zero-order valence-corrected chi connectivity index (χ0v) is 10.3. The van der Waals surface area contributed by atoms with Gasteiger partial charge in [-0.2, -0.15) is 0 Å². The third-order valence-corrected chi connectivity index (χ3v) is 4.57. The number of rotatable bonds is 4. The first-order valence-electron chi connectivity index (χ1n) is 6.61. The summed E-state index contributed by atoms with van der Waals surface area (Å²) in [4.78, 5) is 0. The van der Waals surface area contributed by atoms with Gasteiger partial charge in [0.25, 0.3) is 0 Å². The topological polar surface area (TPSA) is 38.0 Å². The van der Waals surface area contributed by atoms with Gasteiger partial charge in [-0.05, 0) is 43.4 Å². The SMILES string of the molecule is CC(C)C1(CNC2CCCC(N)C2)CC1. The second-order valence-corrected chi connectivity index (χ2v) is 6.02. The Bertz CT molecular complexity index is 209. The van der Waals surface area contributed by atoms with E-state index in [1.165, 1.54) is 45.1 Å². The maximum absolute atomic E-state index is 6.00. The molecule has 0 spiro atoms. The Labute approximate surface area is 94.0 Å². The van der Waals surface area contributed by atoms with Crippen molar-refractivity contribution in [3.63, 3.8) is 0 Å². The number of hydrogen-bond acceptors (Lipinski definition) is 2. The predicted molar refractivity (Wildman–Crippen MR) is 64.7 cm³/mol. The molecular weight excluding hydrogens is 184 g/mol. The van der Waals surface area contributed by atoms with E-state index in [9.17, 15) is 0 Å². The minimum Gasteiger partial charge on any atom is -0.328 e. The van der Waals surface area contributed by atoms with Crippen molar-refractivity contribution in [3.8, 4) is 0 Å². The lowest BCUT2D eigenvalue weighted by molar-refractivity contribution is 0.279. The van der Waals surface area contributed by atoms with Crippen molar-refractivity contribution in [2.24, 2.45) is 17.1 Å². The molecule has 15 heavy (non-hydrogen) atoms. The fraction of sp³-hybridized carbons (Fsp3) is 1.00. The molecule has 2 heteroatoms. The molecule has 3 N–H and O–H groups in total. The van der Waals surface area contributed by atoms with Crippen LogP contribution in [-0.4, -0.2) is 18.6 Å². The van der Waals surface area contributed by atoms with E-state index in [-0.39, 0.29) is 0 Å². The molecule has 0 saturated heterocycles. The maximum Gasteiger partial charge on any atom is 0.00820 e. The van der Waals surface area contributed by atoms with Gasteiger partial charge >= 0.3 is 0 Å². The fourth-order valence-electron chi connectivity index (χ4n) is 2.88. The van der Waals surface area contributed by atoms with Gasteiger partial charge in [0.1, 0.15) is 0 Å². The molecule has 0 bridgehead atoms. The largest absolute Gasteiger partial charge is 0.328 e. The normalized spacial score (nSPS) is 34.4. The quantitative estimate of drug-likeness (QED) is 0.747. The van der Waals surface area contributed by atoms with Gasteiger partial charge in [-0.15, -0.1) is 0 Å². The lowest BCUT2D eigenvalue weighted by Crippen LogP contribution is -2.42. The van der Waals surface area contributed by atoms with Crippen molar-refractivity contribution in [2.45, 2.75) is 64.5 Å². The Morgan fingerprint density at radius 3 is 2.60 bits per heavy atom. The average molecular weight is 210 g/mol. The van der Waals surface area contributed by atoms with Crippen LogP contribution >= 0.6 is 0 Å². The summed E-state index contributed by atoms with van der Waals surface area (Å²) in [6, 6.07) is 1.15. The average Bonchev–Trinajstić information content (AvgIpc) is 2.96. The van der Waals surface area contributed by atoms with Crippen molar-refractivity contribution < 1.29 is 0 Å². The zero-order chi connectivity index (χ0) is 10.9. The van der Waals surface area contributed by atoms with Gasteiger partial charge < -0.3 is 11.1 Å². The maximum atomic E-state index is 6.00. The van der Waals surface area contributed by atoms with E-state index in [0.717, 1.165) is 5.92 Å². The Morgan fingerprint density at radius 2 is 2.07 bits per heavy atom. The van der Waals surface area contributed by atoms with Crippen LogP contribution in [0, 0.1) is 11.3 Å². The first-order valence-corrected chi connectivity index (χ1v) is 6.61. The molecule has 2 unspecified atom stereocenters. The van der Waals surface area contributed by atoms with Crippen LogP contribution in [-0.2, 0) is 0 Å². The number of hydrogen-bond donors (Lipinski definition) is 2. The molecule has 2 aliphatic carbocycles. The van der Waals surface area contributed by atoms with Gasteiger partial charge in [-0.1, -0.05) is 20.3 Å². The van der Waals surface area contributed by atoms with Crippen molar-refractivity contribution in [1.29, 1.82) is 0 Å². The van der Waals surface area contributed by atoms with E-state index < -0.39 is 0 Å². The minimum atomic E-state index is 0.449. The highest BCUT2D eigenvalue weighted by atomic mass is 14.9. The first kappa shape index (κ1) is 11.4. The molecular formula is C13H26N2. The summed E-state index contributed by atoms with van der Waals surface area (Å²) in [6.45, 7) is 5.95. The highest BCUT2D eigenvalue weighted by Gasteiger charge is 2.45. The predicted octanol–water partition coefficient (Wildman–Crippen LogP) is 2.28. The molecule has 2 saturated carbocycles. The van der Waals surface area contributed by atoms with E-state index in [2.05, 4.69) is 19.2 Å². The van der Waals surface area contributed by atoms with Crippen molar-refractivity contribution in [2.75, 3.05) is 6.54 Å². The number of nitrogens with two attached hydrogens (primary N) is 1. The molecule has 0 aromatic carbocycles. The van der Waals surface area contributed by atoms with Crippen LogP contribution in [0.2, 0.25) is 0 Å². The van der Waals surface area contributed by atoms with Crippen LogP contribution in [0.1, 0.15) is 52.4 Å². The van der Waals surface area contributed by atoms with Gasteiger partial charge in [0, 0.05) is 18.6 Å². The lowest BCUT2D eigenvalue weighted by Gasteiger charge is -2.30. The van der Waals surface area contributed by atoms with Crippen LogP contribution in [0.5, 0.6) is 0 Å². The summed E-state index contributed by atoms with van der Waals surface area (Å²) in [5.74, 6) is 0.835. The fourth-order valence-corrected chi connectivity index (χ4v) is 2.88. The van der Waals surface area contributed by atoms with Crippen LogP contribution in [0.25, 0.3) is 0 Å². The summed E-state index contributed by atoms with van der Waals surface area (Å²) in [7, 11) is 0. The standard InChI is InChI=1S/C13H26N2/c1-10(2)13(6-7-13)9-15-12-5-3-4-11(14)8-12/h10-12,15H,3-9,14H2,1-2H3. The summed E-state index contributed by atoms with van der Waals surface area (Å²) in [5.41, 5.74) is 6.64. The third-order valence-electron chi connectivity index (χ3n) is 4.57. The Morgan fingerprint density at radius 1 is 1.33 bits per heavy atom. The highest BCUT2D eigenvalue weighted by molar-refractivity contribution is 4.98. The molecule has 2 atom stereocenters. The molecule has 2 aliphatic rings. The Balaban J connectivity index is 1.73. The van der Waals surface area contributed by atoms with Crippen LogP contribution in [0.15, 0.2) is 0 Å². The molecule has 0 aromatic rings. The van der Waals surface area contributed by atoms with Gasteiger partial charge in [0.15, 0.2) is 0 Å². The van der Waals surface area contributed by atoms with E-state index in [1.54, 1.807) is 0 Å². The number of nitrogens with one attached hydrogen (secondary N) is 1. The third kappa shape index (κ3) is 2.73. The Hall–Kier alpha value is -0.0800. The van der Waals surface area contributed by atoms with Crippen LogP contribution in [0.4, 0.5) is 0 Å². The summed E-state index contributed by atoms with van der Waals surface area (Å²) in [5, 5.41) is 3.76. The Kier molecular flexibility index (Phi) is 3.36. The molecule has 0 radical (unpaired) electrons. The molecule has 2 nitrogen and oxygen atoms in total. The van der Waals surface area contributed by atoms with Crippen molar-refractivity contribution in [3.05, 3.63) is 0 Å². The van der Waals surface area contributed by atoms with Gasteiger partial charge in [-0.3, -0.25) is 0 Å². The summed E-state index contributed by atoms with van der Waals surface area (Å²) >= 11 is 0. The van der Waals surface area contributed by atoms with Crippen molar-refractivity contribution >= 4 is 0 Å². The summed E-state index contributed by atoms with van der Waals surface area (Å²) in [6.07, 6.45) is 7.92. The highest BCUT2D eigenvalue weighted by Crippen LogP contribution is 2.51. The monoisotopic (exact) mass is 210 g/mol. The lowest BCUT2D eigenvalue weighted by atomic mass is 9.89. The minimum absolute atomic E-state index is 0.449. The zero-order valence-electron chi connectivity index (χ0n) is 10.3. The van der Waals surface area contributed by atoms with E-state index in [0.29, 0.717) is 17.5 Å². The van der Waals surface area contributed by atoms with Crippen LogP contribution in [0.3, 0.4) is 0 Å². The van der Waals surface area contributed by atoms with Gasteiger partial charge in [0.2, 0.25) is 0 Å². The van der Waals surface area contributed by atoms with Crippen molar-refractivity contribution in [1.82, 2.24) is 5.32 Å². The van der Waals surface area contributed by atoms with Crippen LogP contribution < -0.4 is 11.1 Å².